The van der Waals surface area contributed by atoms with E-state index in [2.05, 4.69) is 44.9 Å². The minimum atomic E-state index is -0.0673. The van der Waals surface area contributed by atoms with Gasteiger partial charge in [0.15, 0.2) is 0 Å². The fourth-order valence-electron chi connectivity index (χ4n) is 3.01. The van der Waals surface area contributed by atoms with E-state index in [0.717, 1.165) is 44.4 Å². The van der Waals surface area contributed by atoms with Gasteiger partial charge >= 0.3 is 0 Å². The summed E-state index contributed by atoms with van der Waals surface area (Å²) in [5, 5.41) is 4.15. The highest BCUT2D eigenvalue weighted by atomic mass is 79.9. The van der Waals surface area contributed by atoms with Crippen molar-refractivity contribution in [2.75, 3.05) is 5.32 Å². The molecule has 1 aromatic heterocycles. The van der Waals surface area contributed by atoms with Crippen LogP contribution in [0.2, 0.25) is 0 Å². The Bertz CT molecular complexity index is 896. The Kier molecular flexibility index (Phi) is 4.26. The molecule has 3 nitrogen and oxygen atoms in total. The van der Waals surface area contributed by atoms with Crippen LogP contribution < -0.4 is 5.32 Å². The Labute approximate surface area is 144 Å². The predicted molar refractivity (Wildman–Crippen MR) is 99.2 cm³/mol. The number of hydrogen-bond acceptors (Lipinski definition) is 1. The fourth-order valence-corrected chi connectivity index (χ4v) is 3.26. The third-order valence-corrected chi connectivity index (χ3v) is 5.06. The van der Waals surface area contributed by atoms with Gasteiger partial charge in [-0.15, -0.1) is 0 Å². The Hall–Kier alpha value is -2.07. The number of carbonyl (C=O) groups excluding carboxylic acids is 1. The first-order valence-corrected chi connectivity index (χ1v) is 8.47. The highest BCUT2D eigenvalue weighted by Crippen LogP contribution is 2.27. The number of nitrogens with zero attached hydrogens (tertiary/aromatic N) is 1. The van der Waals surface area contributed by atoms with E-state index in [1.807, 2.05) is 44.2 Å². The van der Waals surface area contributed by atoms with E-state index in [9.17, 15) is 4.79 Å². The second-order valence-electron chi connectivity index (χ2n) is 5.65. The SMILES string of the molecule is CCn1c(C(=O)Nc2ccc(Br)c(C)c2)c(C)c2ccccc21. The van der Waals surface area contributed by atoms with E-state index < -0.39 is 0 Å². The summed E-state index contributed by atoms with van der Waals surface area (Å²) in [5.41, 5.74) is 4.76. The lowest BCUT2D eigenvalue weighted by Crippen LogP contribution is -2.18. The van der Waals surface area contributed by atoms with Crippen molar-refractivity contribution in [2.24, 2.45) is 0 Å². The second-order valence-corrected chi connectivity index (χ2v) is 6.51. The van der Waals surface area contributed by atoms with Crippen LogP contribution in [-0.2, 0) is 6.54 Å². The summed E-state index contributed by atoms with van der Waals surface area (Å²) in [5.74, 6) is -0.0673. The molecule has 118 valence electrons. The maximum absolute atomic E-state index is 12.8. The van der Waals surface area contributed by atoms with Gasteiger partial charge in [-0.1, -0.05) is 34.1 Å². The van der Waals surface area contributed by atoms with Crippen molar-refractivity contribution < 1.29 is 4.79 Å². The van der Waals surface area contributed by atoms with Crippen LogP contribution in [0.1, 0.15) is 28.5 Å². The predicted octanol–water partition coefficient (Wildman–Crippen LogP) is 5.29. The minimum absolute atomic E-state index is 0.0673. The zero-order valence-corrected chi connectivity index (χ0v) is 15.1. The van der Waals surface area contributed by atoms with Gasteiger partial charge in [0.05, 0.1) is 0 Å². The molecule has 0 saturated heterocycles. The monoisotopic (exact) mass is 370 g/mol. The first-order valence-electron chi connectivity index (χ1n) is 7.68. The molecular formula is C19H19BrN2O. The molecule has 1 amide bonds. The normalized spacial score (nSPS) is 11.0. The number of nitrogens with one attached hydrogen (secondary N) is 1. The second kappa shape index (κ2) is 6.20. The molecule has 0 unspecified atom stereocenters. The summed E-state index contributed by atoms with van der Waals surface area (Å²) in [7, 11) is 0. The summed E-state index contributed by atoms with van der Waals surface area (Å²) < 4.78 is 3.11. The summed E-state index contributed by atoms with van der Waals surface area (Å²) in [6, 6.07) is 14.0. The number of hydrogen-bond donors (Lipinski definition) is 1. The molecular weight excluding hydrogens is 352 g/mol. The summed E-state index contributed by atoms with van der Waals surface area (Å²) in [4.78, 5) is 12.8. The van der Waals surface area contributed by atoms with Crippen LogP contribution in [0.5, 0.6) is 0 Å². The fraction of sp³-hybridized carbons (Fsp3) is 0.211. The van der Waals surface area contributed by atoms with E-state index in [1.54, 1.807) is 0 Å². The van der Waals surface area contributed by atoms with Crippen LogP contribution in [0.15, 0.2) is 46.9 Å². The molecule has 0 bridgehead atoms. The Morgan fingerprint density at radius 3 is 2.61 bits per heavy atom. The van der Waals surface area contributed by atoms with Crippen molar-refractivity contribution >= 4 is 38.4 Å². The molecule has 4 heteroatoms. The van der Waals surface area contributed by atoms with Crippen molar-refractivity contribution in [3.63, 3.8) is 0 Å². The number of fused-ring (bicyclic) bond motifs is 1. The Morgan fingerprint density at radius 1 is 1.17 bits per heavy atom. The zero-order valence-electron chi connectivity index (χ0n) is 13.5. The number of rotatable bonds is 3. The Balaban J connectivity index is 2.03. The summed E-state index contributed by atoms with van der Waals surface area (Å²) >= 11 is 3.48. The number of benzene rings is 2. The number of aromatic nitrogens is 1. The van der Waals surface area contributed by atoms with Crippen LogP contribution in [-0.4, -0.2) is 10.5 Å². The average molecular weight is 371 g/mol. The number of aryl methyl sites for hydroxylation is 3. The number of carbonyl (C=O) groups is 1. The topological polar surface area (TPSA) is 34.0 Å². The molecule has 0 aliphatic rings. The highest BCUT2D eigenvalue weighted by Gasteiger charge is 2.19. The smallest absolute Gasteiger partial charge is 0.272 e. The van der Waals surface area contributed by atoms with E-state index >= 15 is 0 Å². The highest BCUT2D eigenvalue weighted by molar-refractivity contribution is 9.10. The molecule has 0 aliphatic heterocycles. The van der Waals surface area contributed by atoms with Crippen molar-refractivity contribution in [3.8, 4) is 0 Å². The lowest BCUT2D eigenvalue weighted by Gasteiger charge is -2.11. The van der Waals surface area contributed by atoms with Gasteiger partial charge in [0.25, 0.3) is 5.91 Å². The summed E-state index contributed by atoms with van der Waals surface area (Å²) in [6.07, 6.45) is 0. The lowest BCUT2D eigenvalue weighted by molar-refractivity contribution is 0.101. The van der Waals surface area contributed by atoms with Crippen molar-refractivity contribution in [1.82, 2.24) is 4.57 Å². The lowest BCUT2D eigenvalue weighted by atomic mass is 10.1. The zero-order chi connectivity index (χ0) is 16.6. The van der Waals surface area contributed by atoms with Gasteiger partial charge in [-0.25, -0.2) is 0 Å². The number of anilines is 1. The molecule has 0 saturated carbocycles. The molecule has 0 aliphatic carbocycles. The average Bonchev–Trinajstić information content (AvgIpc) is 2.83. The molecule has 3 rings (SSSR count). The minimum Gasteiger partial charge on any atom is -0.337 e. The molecule has 0 atom stereocenters. The molecule has 23 heavy (non-hydrogen) atoms. The molecule has 3 aromatic rings. The third-order valence-electron chi connectivity index (χ3n) is 4.17. The van der Waals surface area contributed by atoms with E-state index in [4.69, 9.17) is 0 Å². The maximum atomic E-state index is 12.8. The van der Waals surface area contributed by atoms with E-state index in [1.165, 1.54) is 0 Å². The van der Waals surface area contributed by atoms with Crippen molar-refractivity contribution in [3.05, 3.63) is 63.8 Å². The Morgan fingerprint density at radius 2 is 1.91 bits per heavy atom. The van der Waals surface area contributed by atoms with Gasteiger partial charge in [0, 0.05) is 27.6 Å². The summed E-state index contributed by atoms with van der Waals surface area (Å²) in [6.45, 7) is 6.84. The first-order chi connectivity index (χ1) is 11.0. The third kappa shape index (κ3) is 2.79. The van der Waals surface area contributed by atoms with Gasteiger partial charge < -0.3 is 9.88 Å². The van der Waals surface area contributed by atoms with Crippen LogP contribution in [0.25, 0.3) is 10.9 Å². The number of halogens is 1. The van der Waals surface area contributed by atoms with E-state index in [-0.39, 0.29) is 5.91 Å². The number of para-hydroxylation sites is 1. The van der Waals surface area contributed by atoms with Crippen molar-refractivity contribution in [1.29, 1.82) is 0 Å². The van der Waals surface area contributed by atoms with E-state index in [0.29, 0.717) is 0 Å². The standard InChI is InChI=1S/C19H19BrN2O/c1-4-22-17-8-6-5-7-15(17)13(3)18(22)19(23)21-14-9-10-16(20)12(2)11-14/h5-11H,4H2,1-3H3,(H,21,23). The molecule has 2 aromatic carbocycles. The molecule has 0 spiro atoms. The quantitative estimate of drug-likeness (QED) is 0.667. The van der Waals surface area contributed by atoms with Crippen LogP contribution in [0.4, 0.5) is 5.69 Å². The molecule has 1 heterocycles. The number of amides is 1. The van der Waals surface area contributed by atoms with Crippen LogP contribution in [0, 0.1) is 13.8 Å². The van der Waals surface area contributed by atoms with Gasteiger partial charge in [-0.2, -0.15) is 0 Å². The van der Waals surface area contributed by atoms with Gasteiger partial charge in [-0.05, 0) is 56.2 Å². The van der Waals surface area contributed by atoms with Crippen LogP contribution >= 0.6 is 15.9 Å². The van der Waals surface area contributed by atoms with Gasteiger partial charge in [-0.3, -0.25) is 4.79 Å². The van der Waals surface area contributed by atoms with Crippen LogP contribution in [0.3, 0.4) is 0 Å². The largest absolute Gasteiger partial charge is 0.337 e. The maximum Gasteiger partial charge on any atom is 0.272 e. The van der Waals surface area contributed by atoms with Crippen molar-refractivity contribution in [2.45, 2.75) is 27.3 Å². The molecule has 0 fully saturated rings. The molecule has 1 N–H and O–H groups in total. The molecule has 0 radical (unpaired) electrons. The first kappa shape index (κ1) is 15.8. The van der Waals surface area contributed by atoms with Gasteiger partial charge in [0.2, 0.25) is 0 Å². The van der Waals surface area contributed by atoms with Gasteiger partial charge in [0.1, 0.15) is 5.69 Å².